The highest BCUT2D eigenvalue weighted by molar-refractivity contribution is 5.78. The number of amides is 2. The summed E-state index contributed by atoms with van der Waals surface area (Å²) >= 11 is 0. The molecule has 1 N–H and O–H groups in total. The van der Waals surface area contributed by atoms with Crippen molar-refractivity contribution in [2.45, 2.75) is 25.4 Å². The second kappa shape index (κ2) is 9.00. The zero-order chi connectivity index (χ0) is 18.4. The van der Waals surface area contributed by atoms with Gasteiger partial charge in [-0.25, -0.2) is 4.79 Å². The first-order valence-corrected chi connectivity index (χ1v) is 9.32. The van der Waals surface area contributed by atoms with Crippen LogP contribution in [-0.4, -0.2) is 83.7 Å². The van der Waals surface area contributed by atoms with Crippen molar-refractivity contribution in [3.8, 4) is 5.75 Å². The van der Waals surface area contributed by atoms with Gasteiger partial charge in [0.05, 0.1) is 6.10 Å². The molecule has 7 nitrogen and oxygen atoms in total. The molecule has 1 aromatic rings. The number of likely N-dealkylation sites (tertiary alicyclic amines) is 1. The highest BCUT2D eigenvalue weighted by Crippen LogP contribution is 2.13. The van der Waals surface area contributed by atoms with Gasteiger partial charge in [0, 0.05) is 45.7 Å². The van der Waals surface area contributed by atoms with Gasteiger partial charge in [-0.05, 0) is 31.5 Å². The Hall–Kier alpha value is -2.12. The minimum atomic E-state index is -0.556. The number of aliphatic hydroxyl groups is 1. The number of hydrogen-bond donors (Lipinski definition) is 1. The van der Waals surface area contributed by atoms with E-state index >= 15 is 0 Å². The van der Waals surface area contributed by atoms with E-state index < -0.39 is 6.10 Å². The third-order valence-electron chi connectivity index (χ3n) is 4.87. The van der Waals surface area contributed by atoms with E-state index in [1.165, 1.54) is 0 Å². The van der Waals surface area contributed by atoms with E-state index in [4.69, 9.17) is 4.74 Å². The molecule has 2 amide bonds. The number of carbonyl (C=O) groups is 2. The van der Waals surface area contributed by atoms with Crippen LogP contribution in [0.15, 0.2) is 30.3 Å². The summed E-state index contributed by atoms with van der Waals surface area (Å²) in [5, 5.41) is 10.3. The summed E-state index contributed by atoms with van der Waals surface area (Å²) in [5.41, 5.74) is 0. The molecule has 3 rings (SSSR count). The van der Waals surface area contributed by atoms with Crippen LogP contribution in [0.5, 0.6) is 5.75 Å². The Morgan fingerprint density at radius 2 is 1.85 bits per heavy atom. The maximum absolute atomic E-state index is 12.3. The van der Waals surface area contributed by atoms with Crippen molar-refractivity contribution in [2.75, 3.05) is 45.8 Å². The number of aliphatic hydroxyl groups excluding tert-OH is 1. The van der Waals surface area contributed by atoms with Gasteiger partial charge >= 0.3 is 6.09 Å². The molecule has 0 aliphatic carbocycles. The first-order chi connectivity index (χ1) is 12.6. The van der Waals surface area contributed by atoms with Gasteiger partial charge in [-0.1, -0.05) is 18.2 Å². The van der Waals surface area contributed by atoms with Crippen LogP contribution in [0.4, 0.5) is 4.79 Å². The zero-order valence-electron chi connectivity index (χ0n) is 15.0. The van der Waals surface area contributed by atoms with E-state index in [1.54, 1.807) is 21.9 Å². The van der Waals surface area contributed by atoms with E-state index in [-0.39, 0.29) is 12.0 Å². The van der Waals surface area contributed by atoms with Gasteiger partial charge in [-0.2, -0.15) is 0 Å². The zero-order valence-corrected chi connectivity index (χ0v) is 15.0. The number of rotatable bonds is 5. The summed E-state index contributed by atoms with van der Waals surface area (Å²) in [7, 11) is 0. The quantitative estimate of drug-likeness (QED) is 0.852. The predicted molar refractivity (Wildman–Crippen MR) is 96.9 cm³/mol. The smallest absolute Gasteiger partial charge is 0.410 e. The highest BCUT2D eigenvalue weighted by atomic mass is 16.6. The molecule has 2 heterocycles. The molecular formula is C19H27N3O4. The molecule has 142 valence electrons. The van der Waals surface area contributed by atoms with Gasteiger partial charge < -0.3 is 19.6 Å². The van der Waals surface area contributed by atoms with Gasteiger partial charge in [0.15, 0.2) is 0 Å². The monoisotopic (exact) mass is 361 g/mol. The fourth-order valence-electron chi connectivity index (χ4n) is 3.50. The van der Waals surface area contributed by atoms with Crippen LogP contribution in [0.25, 0.3) is 0 Å². The number of hydrogen-bond acceptors (Lipinski definition) is 5. The first-order valence-electron chi connectivity index (χ1n) is 9.32. The maximum atomic E-state index is 12.3. The van der Waals surface area contributed by atoms with Gasteiger partial charge in [-0.3, -0.25) is 9.69 Å². The second-order valence-electron chi connectivity index (χ2n) is 6.92. The lowest BCUT2D eigenvalue weighted by molar-refractivity contribution is -0.129. The van der Waals surface area contributed by atoms with Gasteiger partial charge in [0.2, 0.25) is 5.91 Å². The fraction of sp³-hybridized carbons (Fsp3) is 0.579. The van der Waals surface area contributed by atoms with Crippen molar-refractivity contribution in [1.82, 2.24) is 14.7 Å². The van der Waals surface area contributed by atoms with Crippen molar-refractivity contribution in [1.29, 1.82) is 0 Å². The Morgan fingerprint density at radius 3 is 2.58 bits per heavy atom. The Kier molecular flexibility index (Phi) is 6.46. The third kappa shape index (κ3) is 5.19. The Balaban J connectivity index is 1.44. The second-order valence-corrected chi connectivity index (χ2v) is 6.92. The summed E-state index contributed by atoms with van der Waals surface area (Å²) < 4.78 is 5.40. The molecule has 0 aromatic heterocycles. The molecule has 2 aliphatic rings. The van der Waals surface area contributed by atoms with Crippen molar-refractivity contribution < 1.29 is 19.4 Å². The van der Waals surface area contributed by atoms with Crippen LogP contribution in [-0.2, 0) is 4.79 Å². The van der Waals surface area contributed by atoms with E-state index in [0.717, 1.165) is 25.9 Å². The molecule has 26 heavy (non-hydrogen) atoms. The van der Waals surface area contributed by atoms with Crippen LogP contribution in [0.2, 0.25) is 0 Å². The number of nitrogens with zero attached hydrogens (tertiary/aromatic N) is 3. The highest BCUT2D eigenvalue weighted by Gasteiger charge is 2.25. The molecule has 0 radical (unpaired) electrons. The largest absolute Gasteiger partial charge is 0.415 e. The first kappa shape index (κ1) is 18.7. The maximum Gasteiger partial charge on any atom is 0.415 e. The number of β-amino-alcohol motifs (C(OH)–C–C–N with tert-alkyl or cyclic N) is 1. The van der Waals surface area contributed by atoms with Gasteiger partial charge in [-0.15, -0.1) is 0 Å². The number of ether oxygens (including phenoxy) is 1. The summed E-state index contributed by atoms with van der Waals surface area (Å²) in [4.78, 5) is 29.6. The summed E-state index contributed by atoms with van der Waals surface area (Å²) in [6, 6.07) is 9.07. The average molecular weight is 361 g/mol. The molecule has 0 saturated carbocycles. The molecule has 1 atom stereocenters. The number of para-hydroxylation sites is 1. The summed E-state index contributed by atoms with van der Waals surface area (Å²) in [5.74, 6) is 0.680. The number of benzene rings is 1. The van der Waals surface area contributed by atoms with Gasteiger partial charge in [0.1, 0.15) is 5.75 Å². The molecule has 7 heteroatoms. The fourth-order valence-corrected chi connectivity index (χ4v) is 3.50. The molecule has 0 spiro atoms. The van der Waals surface area contributed by atoms with Crippen molar-refractivity contribution >= 4 is 12.0 Å². The van der Waals surface area contributed by atoms with Crippen LogP contribution in [0.3, 0.4) is 0 Å². The van der Waals surface area contributed by atoms with Crippen molar-refractivity contribution in [3.63, 3.8) is 0 Å². The lowest BCUT2D eigenvalue weighted by atomic mass is 10.3. The van der Waals surface area contributed by atoms with E-state index in [9.17, 15) is 14.7 Å². The third-order valence-corrected chi connectivity index (χ3v) is 4.87. The van der Waals surface area contributed by atoms with Crippen LogP contribution in [0, 0.1) is 0 Å². The van der Waals surface area contributed by atoms with Gasteiger partial charge in [0.25, 0.3) is 0 Å². The molecule has 2 saturated heterocycles. The Morgan fingerprint density at radius 1 is 1.04 bits per heavy atom. The molecule has 0 bridgehead atoms. The lowest BCUT2D eigenvalue weighted by Crippen LogP contribution is -2.42. The van der Waals surface area contributed by atoms with E-state index in [0.29, 0.717) is 44.9 Å². The van der Waals surface area contributed by atoms with Crippen molar-refractivity contribution in [2.24, 2.45) is 0 Å². The minimum absolute atomic E-state index is 0.134. The average Bonchev–Trinajstić information content (AvgIpc) is 2.89. The Bertz CT molecular complexity index is 610. The van der Waals surface area contributed by atoms with Crippen LogP contribution >= 0.6 is 0 Å². The Labute approximate surface area is 154 Å². The van der Waals surface area contributed by atoms with Crippen molar-refractivity contribution in [3.05, 3.63) is 30.3 Å². The normalized spacial score (nSPS) is 20.1. The molecule has 2 fully saturated rings. The summed E-state index contributed by atoms with van der Waals surface area (Å²) in [6.07, 6.45) is 1.42. The minimum Gasteiger partial charge on any atom is -0.410 e. The van der Waals surface area contributed by atoms with Crippen LogP contribution < -0.4 is 4.74 Å². The molecular weight excluding hydrogens is 334 g/mol. The summed E-state index contributed by atoms with van der Waals surface area (Å²) in [6.45, 7) is 4.38. The SMILES string of the molecule is O=C1CCCN1C[C@@H](O)CN1CCCN(C(=O)Oc2ccccc2)CC1. The molecule has 1 aromatic carbocycles. The molecule has 2 aliphatic heterocycles. The van der Waals surface area contributed by atoms with Crippen LogP contribution in [0.1, 0.15) is 19.3 Å². The lowest BCUT2D eigenvalue weighted by Gasteiger charge is -2.26. The van der Waals surface area contributed by atoms with E-state index in [2.05, 4.69) is 4.90 Å². The number of carbonyl (C=O) groups excluding carboxylic acids is 2. The molecule has 0 unspecified atom stereocenters. The topological polar surface area (TPSA) is 73.3 Å². The predicted octanol–water partition coefficient (Wildman–Crippen LogP) is 1.18. The standard InChI is InChI=1S/C19H27N3O4/c23-16(15-22-10-4-8-18(22)24)14-20-9-5-11-21(13-12-20)19(25)26-17-6-2-1-3-7-17/h1-3,6-7,16,23H,4-5,8-15H2/t16-/m0/s1. The van der Waals surface area contributed by atoms with E-state index in [1.807, 2.05) is 18.2 Å².